The SMILES string of the molecule is Cc1cc(N2CCCC(C)C2)cnc1N. The molecule has 1 aliphatic rings. The molecule has 0 aliphatic carbocycles. The lowest BCUT2D eigenvalue weighted by Gasteiger charge is -2.32. The van der Waals surface area contributed by atoms with Gasteiger partial charge in [0.1, 0.15) is 5.82 Å². The second-order valence-corrected chi connectivity index (χ2v) is 4.59. The van der Waals surface area contributed by atoms with Crippen LogP contribution in [0, 0.1) is 12.8 Å². The molecule has 1 unspecified atom stereocenters. The minimum atomic E-state index is 0.642. The van der Waals surface area contributed by atoms with E-state index in [0.29, 0.717) is 5.82 Å². The van der Waals surface area contributed by atoms with Crippen molar-refractivity contribution >= 4 is 11.5 Å². The Hall–Kier alpha value is -1.25. The number of nitrogens with zero attached hydrogens (tertiary/aromatic N) is 2. The van der Waals surface area contributed by atoms with Crippen LogP contribution in [0.1, 0.15) is 25.3 Å². The van der Waals surface area contributed by atoms with Gasteiger partial charge in [0, 0.05) is 13.1 Å². The molecule has 2 N–H and O–H groups in total. The molecule has 1 aromatic rings. The minimum Gasteiger partial charge on any atom is -0.383 e. The van der Waals surface area contributed by atoms with Gasteiger partial charge in [-0.15, -0.1) is 0 Å². The van der Waals surface area contributed by atoms with E-state index in [1.54, 1.807) is 0 Å². The fourth-order valence-corrected chi connectivity index (χ4v) is 2.17. The zero-order valence-corrected chi connectivity index (χ0v) is 9.53. The second kappa shape index (κ2) is 4.09. The van der Waals surface area contributed by atoms with Gasteiger partial charge in [-0.1, -0.05) is 6.92 Å². The van der Waals surface area contributed by atoms with Gasteiger partial charge in [0.25, 0.3) is 0 Å². The number of aromatic nitrogens is 1. The minimum absolute atomic E-state index is 0.642. The maximum atomic E-state index is 5.72. The van der Waals surface area contributed by atoms with E-state index in [4.69, 9.17) is 5.73 Å². The van der Waals surface area contributed by atoms with E-state index in [1.165, 1.54) is 18.5 Å². The Balaban J connectivity index is 2.18. The van der Waals surface area contributed by atoms with Crippen LogP contribution in [0.25, 0.3) is 0 Å². The molecule has 0 aromatic carbocycles. The van der Waals surface area contributed by atoms with Crippen molar-refractivity contribution in [3.63, 3.8) is 0 Å². The van der Waals surface area contributed by atoms with Crippen molar-refractivity contribution in [2.75, 3.05) is 23.7 Å². The van der Waals surface area contributed by atoms with Crippen molar-refractivity contribution in [1.82, 2.24) is 4.98 Å². The zero-order chi connectivity index (χ0) is 10.8. The third-order valence-corrected chi connectivity index (χ3v) is 3.13. The Bertz CT molecular complexity index is 349. The number of hydrogen-bond donors (Lipinski definition) is 1. The maximum Gasteiger partial charge on any atom is 0.126 e. The van der Waals surface area contributed by atoms with Gasteiger partial charge in [-0.05, 0) is 37.3 Å². The second-order valence-electron chi connectivity index (χ2n) is 4.59. The summed E-state index contributed by atoms with van der Waals surface area (Å²) in [7, 11) is 0. The van der Waals surface area contributed by atoms with Crippen molar-refractivity contribution in [3.8, 4) is 0 Å². The van der Waals surface area contributed by atoms with E-state index in [0.717, 1.165) is 24.6 Å². The molecule has 3 nitrogen and oxygen atoms in total. The van der Waals surface area contributed by atoms with Crippen molar-refractivity contribution in [2.24, 2.45) is 5.92 Å². The Morgan fingerprint density at radius 3 is 3.00 bits per heavy atom. The summed E-state index contributed by atoms with van der Waals surface area (Å²) < 4.78 is 0. The van der Waals surface area contributed by atoms with Crippen LogP contribution in [0.15, 0.2) is 12.3 Å². The Kier molecular flexibility index (Phi) is 2.80. The monoisotopic (exact) mass is 205 g/mol. The zero-order valence-electron chi connectivity index (χ0n) is 9.53. The third kappa shape index (κ3) is 2.22. The number of anilines is 2. The largest absolute Gasteiger partial charge is 0.383 e. The average molecular weight is 205 g/mol. The normalized spacial score (nSPS) is 21.7. The van der Waals surface area contributed by atoms with Crippen molar-refractivity contribution in [1.29, 1.82) is 0 Å². The Morgan fingerprint density at radius 2 is 2.33 bits per heavy atom. The highest BCUT2D eigenvalue weighted by Gasteiger charge is 2.16. The molecule has 0 saturated carbocycles. The first kappa shape index (κ1) is 10.3. The molecular formula is C12H19N3. The van der Waals surface area contributed by atoms with Crippen LogP contribution in [0.3, 0.4) is 0 Å². The molecule has 2 heterocycles. The summed E-state index contributed by atoms with van der Waals surface area (Å²) in [4.78, 5) is 6.63. The van der Waals surface area contributed by atoms with Gasteiger partial charge in [-0.25, -0.2) is 4.98 Å². The number of rotatable bonds is 1. The Morgan fingerprint density at radius 1 is 1.53 bits per heavy atom. The van der Waals surface area contributed by atoms with E-state index in [-0.39, 0.29) is 0 Å². The van der Waals surface area contributed by atoms with Gasteiger partial charge < -0.3 is 10.6 Å². The highest BCUT2D eigenvalue weighted by Crippen LogP contribution is 2.24. The lowest BCUT2D eigenvalue weighted by Crippen LogP contribution is -2.34. The van der Waals surface area contributed by atoms with Crippen molar-refractivity contribution in [3.05, 3.63) is 17.8 Å². The summed E-state index contributed by atoms with van der Waals surface area (Å²) in [6.07, 6.45) is 4.52. The summed E-state index contributed by atoms with van der Waals surface area (Å²) in [5, 5.41) is 0. The van der Waals surface area contributed by atoms with Gasteiger partial charge in [0.05, 0.1) is 11.9 Å². The summed E-state index contributed by atoms with van der Waals surface area (Å²) in [6.45, 7) is 6.61. The Labute approximate surface area is 91.3 Å². The van der Waals surface area contributed by atoms with E-state index in [1.807, 2.05) is 13.1 Å². The predicted molar refractivity (Wildman–Crippen MR) is 64.0 cm³/mol. The van der Waals surface area contributed by atoms with Gasteiger partial charge in [0.15, 0.2) is 0 Å². The number of piperidine rings is 1. The molecule has 1 saturated heterocycles. The molecule has 2 rings (SSSR count). The van der Waals surface area contributed by atoms with Gasteiger partial charge in [-0.3, -0.25) is 0 Å². The fraction of sp³-hybridized carbons (Fsp3) is 0.583. The first-order valence-corrected chi connectivity index (χ1v) is 5.64. The first-order valence-electron chi connectivity index (χ1n) is 5.64. The van der Waals surface area contributed by atoms with Crippen LogP contribution >= 0.6 is 0 Å². The van der Waals surface area contributed by atoms with E-state index in [9.17, 15) is 0 Å². The molecular weight excluding hydrogens is 186 g/mol. The van der Waals surface area contributed by atoms with Gasteiger partial charge >= 0.3 is 0 Å². The molecule has 3 heteroatoms. The highest BCUT2D eigenvalue weighted by molar-refractivity contribution is 5.52. The molecule has 0 amide bonds. The molecule has 1 atom stereocenters. The molecule has 0 bridgehead atoms. The summed E-state index contributed by atoms with van der Waals surface area (Å²) in [5.74, 6) is 1.43. The number of nitrogens with two attached hydrogens (primary N) is 1. The maximum absolute atomic E-state index is 5.72. The number of nitrogen functional groups attached to an aromatic ring is 1. The average Bonchev–Trinajstić information content (AvgIpc) is 2.22. The van der Waals surface area contributed by atoms with Gasteiger partial charge in [0.2, 0.25) is 0 Å². The number of pyridine rings is 1. The number of hydrogen-bond acceptors (Lipinski definition) is 3. The molecule has 15 heavy (non-hydrogen) atoms. The topological polar surface area (TPSA) is 42.2 Å². The van der Waals surface area contributed by atoms with Crippen LogP contribution in [-0.4, -0.2) is 18.1 Å². The van der Waals surface area contributed by atoms with Crippen LogP contribution in [0.5, 0.6) is 0 Å². The fourth-order valence-electron chi connectivity index (χ4n) is 2.17. The van der Waals surface area contributed by atoms with E-state index >= 15 is 0 Å². The van der Waals surface area contributed by atoms with Crippen LogP contribution < -0.4 is 10.6 Å². The summed E-state index contributed by atoms with van der Waals surface area (Å²) in [6, 6.07) is 2.14. The van der Waals surface area contributed by atoms with Crippen LogP contribution in [0.2, 0.25) is 0 Å². The summed E-state index contributed by atoms with van der Waals surface area (Å²) in [5.41, 5.74) is 8.01. The quantitative estimate of drug-likeness (QED) is 0.764. The third-order valence-electron chi connectivity index (χ3n) is 3.13. The standard InChI is InChI=1S/C12H19N3/c1-9-4-3-5-15(8-9)11-6-10(2)12(13)14-7-11/h6-7,9H,3-5,8H2,1-2H3,(H2,13,14). The highest BCUT2D eigenvalue weighted by atomic mass is 15.1. The molecule has 1 fully saturated rings. The van der Waals surface area contributed by atoms with Gasteiger partial charge in [-0.2, -0.15) is 0 Å². The summed E-state index contributed by atoms with van der Waals surface area (Å²) >= 11 is 0. The van der Waals surface area contributed by atoms with Crippen LogP contribution in [-0.2, 0) is 0 Å². The smallest absolute Gasteiger partial charge is 0.126 e. The van der Waals surface area contributed by atoms with Crippen LogP contribution in [0.4, 0.5) is 11.5 Å². The van der Waals surface area contributed by atoms with Crippen molar-refractivity contribution < 1.29 is 0 Å². The lowest BCUT2D eigenvalue weighted by molar-refractivity contribution is 0.446. The molecule has 82 valence electrons. The molecule has 1 aromatic heterocycles. The van der Waals surface area contributed by atoms with E-state index < -0.39 is 0 Å². The first-order chi connectivity index (χ1) is 7.16. The lowest BCUT2D eigenvalue weighted by atomic mass is 10.00. The van der Waals surface area contributed by atoms with Crippen molar-refractivity contribution in [2.45, 2.75) is 26.7 Å². The molecule has 0 spiro atoms. The predicted octanol–water partition coefficient (Wildman–Crippen LogP) is 2.21. The van der Waals surface area contributed by atoms with E-state index in [2.05, 4.69) is 22.9 Å². The molecule has 0 radical (unpaired) electrons. The molecule has 1 aliphatic heterocycles. The number of aryl methyl sites for hydroxylation is 1.